The van der Waals surface area contributed by atoms with Crippen LogP contribution in [0.15, 0.2) is 24.4 Å². The molecule has 1 amide bonds. The Morgan fingerprint density at radius 3 is 2.74 bits per heavy atom. The standard InChI is InChI=1S/C13H9F2N5OS2/c1-6-8(22-11(17-6)7-4-2-3-5-16-7)10(21)18-13-20-19-12(23-13)9(14)15/h2-5,9H,1H3,(H,18,20,21). The molecule has 3 rings (SSSR count). The van der Waals surface area contributed by atoms with Crippen LogP contribution in [0.4, 0.5) is 13.9 Å². The molecular formula is C13H9F2N5OS2. The molecule has 0 radical (unpaired) electrons. The molecule has 0 aromatic carbocycles. The van der Waals surface area contributed by atoms with Crippen LogP contribution in [0.25, 0.3) is 10.7 Å². The summed E-state index contributed by atoms with van der Waals surface area (Å²) in [6, 6.07) is 5.40. The molecule has 3 aromatic rings. The second-order valence-corrected chi connectivity index (χ2v) is 6.36. The van der Waals surface area contributed by atoms with E-state index < -0.39 is 17.3 Å². The van der Waals surface area contributed by atoms with Crippen LogP contribution in [0.2, 0.25) is 0 Å². The molecule has 0 unspecified atom stereocenters. The van der Waals surface area contributed by atoms with Gasteiger partial charge in [-0.1, -0.05) is 17.4 Å². The summed E-state index contributed by atoms with van der Waals surface area (Å²) in [5.74, 6) is -0.459. The van der Waals surface area contributed by atoms with Gasteiger partial charge in [0.25, 0.3) is 12.3 Å². The number of rotatable bonds is 4. The highest BCUT2D eigenvalue weighted by molar-refractivity contribution is 7.17. The SMILES string of the molecule is Cc1nc(-c2ccccn2)sc1C(=O)Nc1nnc(C(F)F)s1. The maximum absolute atomic E-state index is 12.5. The number of aryl methyl sites for hydroxylation is 1. The van der Waals surface area contributed by atoms with Gasteiger partial charge < -0.3 is 0 Å². The molecule has 1 N–H and O–H groups in total. The molecule has 0 bridgehead atoms. The van der Waals surface area contributed by atoms with Crippen LogP contribution in [-0.4, -0.2) is 26.1 Å². The smallest absolute Gasteiger partial charge is 0.291 e. The molecule has 6 nitrogen and oxygen atoms in total. The molecule has 0 atom stereocenters. The lowest BCUT2D eigenvalue weighted by Gasteiger charge is -1.98. The maximum Gasteiger partial charge on any atom is 0.291 e. The van der Waals surface area contributed by atoms with E-state index in [1.165, 1.54) is 11.3 Å². The van der Waals surface area contributed by atoms with Crippen LogP contribution in [0.5, 0.6) is 0 Å². The van der Waals surface area contributed by atoms with Gasteiger partial charge in [-0.2, -0.15) is 0 Å². The van der Waals surface area contributed by atoms with Gasteiger partial charge in [-0.25, -0.2) is 13.8 Å². The number of nitrogens with one attached hydrogen (secondary N) is 1. The molecule has 0 saturated heterocycles. The minimum atomic E-state index is -2.71. The maximum atomic E-state index is 12.5. The summed E-state index contributed by atoms with van der Waals surface area (Å²) in [5.41, 5.74) is 1.20. The van der Waals surface area contributed by atoms with E-state index in [4.69, 9.17) is 0 Å². The summed E-state index contributed by atoms with van der Waals surface area (Å²) >= 11 is 1.82. The summed E-state index contributed by atoms with van der Waals surface area (Å²) < 4.78 is 25.0. The Bertz CT molecular complexity index is 834. The largest absolute Gasteiger partial charge is 0.296 e. The van der Waals surface area contributed by atoms with E-state index in [1.54, 1.807) is 25.3 Å². The van der Waals surface area contributed by atoms with Gasteiger partial charge in [0.15, 0.2) is 5.01 Å². The van der Waals surface area contributed by atoms with Crippen LogP contribution in [0, 0.1) is 6.92 Å². The zero-order valence-corrected chi connectivity index (χ0v) is 13.3. The van der Waals surface area contributed by atoms with E-state index in [2.05, 4.69) is 25.5 Å². The number of pyridine rings is 1. The summed E-state index contributed by atoms with van der Waals surface area (Å²) in [4.78, 5) is 21.1. The number of carbonyl (C=O) groups is 1. The summed E-state index contributed by atoms with van der Waals surface area (Å²) in [7, 11) is 0. The summed E-state index contributed by atoms with van der Waals surface area (Å²) in [6.07, 6.45) is -1.07. The molecule has 0 saturated carbocycles. The minimum absolute atomic E-state index is 0.0255. The van der Waals surface area contributed by atoms with Crippen molar-refractivity contribution in [1.29, 1.82) is 0 Å². The highest BCUT2D eigenvalue weighted by Crippen LogP contribution is 2.29. The van der Waals surface area contributed by atoms with Crippen LogP contribution in [0.1, 0.15) is 26.8 Å². The molecule has 118 valence electrons. The Labute approximate surface area is 137 Å². The van der Waals surface area contributed by atoms with Crippen LogP contribution in [-0.2, 0) is 0 Å². The molecule has 0 fully saturated rings. The number of aromatic nitrogens is 4. The van der Waals surface area contributed by atoms with E-state index in [0.29, 0.717) is 32.6 Å². The normalized spacial score (nSPS) is 11.0. The predicted octanol–water partition coefficient (Wildman–Crippen LogP) is 3.55. The molecule has 3 heterocycles. The van der Waals surface area contributed by atoms with Gasteiger partial charge in [0.2, 0.25) is 5.13 Å². The fourth-order valence-electron chi connectivity index (χ4n) is 1.73. The van der Waals surface area contributed by atoms with Crippen molar-refractivity contribution >= 4 is 33.7 Å². The minimum Gasteiger partial charge on any atom is -0.296 e. The van der Waals surface area contributed by atoms with E-state index in [9.17, 15) is 13.6 Å². The molecule has 0 aliphatic carbocycles. The van der Waals surface area contributed by atoms with Crippen LogP contribution < -0.4 is 5.32 Å². The Kier molecular flexibility index (Phi) is 4.35. The number of amides is 1. The number of nitrogens with zero attached hydrogens (tertiary/aromatic N) is 4. The van der Waals surface area contributed by atoms with Crippen molar-refractivity contribution in [2.45, 2.75) is 13.3 Å². The van der Waals surface area contributed by atoms with Gasteiger partial charge in [0.1, 0.15) is 9.88 Å². The van der Waals surface area contributed by atoms with E-state index in [0.717, 1.165) is 0 Å². The second kappa shape index (κ2) is 6.42. The van der Waals surface area contributed by atoms with Crippen LogP contribution >= 0.6 is 22.7 Å². The lowest BCUT2D eigenvalue weighted by atomic mass is 10.3. The fourth-order valence-corrected chi connectivity index (χ4v) is 3.27. The van der Waals surface area contributed by atoms with Crippen molar-refractivity contribution in [1.82, 2.24) is 20.2 Å². The van der Waals surface area contributed by atoms with Gasteiger partial charge in [-0.15, -0.1) is 21.5 Å². The van der Waals surface area contributed by atoms with Gasteiger partial charge >= 0.3 is 0 Å². The number of hydrogen-bond donors (Lipinski definition) is 1. The third kappa shape index (κ3) is 3.37. The van der Waals surface area contributed by atoms with Gasteiger partial charge in [0.05, 0.1) is 11.4 Å². The zero-order chi connectivity index (χ0) is 16.4. The summed E-state index contributed by atoms with van der Waals surface area (Å²) in [5, 5.41) is 9.51. The van der Waals surface area contributed by atoms with Gasteiger partial charge in [0, 0.05) is 6.20 Å². The van der Waals surface area contributed by atoms with E-state index >= 15 is 0 Å². The number of anilines is 1. The number of halogens is 2. The highest BCUT2D eigenvalue weighted by atomic mass is 32.1. The molecule has 0 aliphatic rings. The first kappa shape index (κ1) is 15.6. The first-order valence-corrected chi connectivity index (χ1v) is 7.99. The lowest BCUT2D eigenvalue weighted by Crippen LogP contribution is -2.11. The van der Waals surface area contributed by atoms with Crippen molar-refractivity contribution in [2.75, 3.05) is 5.32 Å². The molecular weight excluding hydrogens is 344 g/mol. The fraction of sp³-hybridized carbons (Fsp3) is 0.154. The van der Waals surface area contributed by atoms with Crippen molar-refractivity contribution in [2.24, 2.45) is 0 Å². The lowest BCUT2D eigenvalue weighted by molar-refractivity contribution is 0.102. The van der Waals surface area contributed by atoms with E-state index in [1.807, 2.05) is 6.07 Å². The number of carbonyl (C=O) groups excluding carboxylic acids is 1. The molecule has 23 heavy (non-hydrogen) atoms. The highest BCUT2D eigenvalue weighted by Gasteiger charge is 2.20. The predicted molar refractivity (Wildman–Crippen MR) is 82.9 cm³/mol. The van der Waals surface area contributed by atoms with Crippen molar-refractivity contribution < 1.29 is 13.6 Å². The Morgan fingerprint density at radius 2 is 2.09 bits per heavy atom. The zero-order valence-electron chi connectivity index (χ0n) is 11.7. The summed E-state index contributed by atoms with van der Waals surface area (Å²) in [6.45, 7) is 1.70. The first-order valence-electron chi connectivity index (χ1n) is 6.36. The molecule has 10 heteroatoms. The monoisotopic (exact) mass is 353 g/mol. The molecule has 3 aromatic heterocycles. The Hall–Kier alpha value is -2.33. The first-order chi connectivity index (χ1) is 11.0. The van der Waals surface area contributed by atoms with E-state index in [-0.39, 0.29) is 5.13 Å². The van der Waals surface area contributed by atoms with Crippen LogP contribution in [0.3, 0.4) is 0 Å². The molecule has 0 spiro atoms. The number of hydrogen-bond acceptors (Lipinski definition) is 7. The van der Waals surface area contributed by atoms with Crippen molar-refractivity contribution in [3.05, 3.63) is 40.0 Å². The second-order valence-electron chi connectivity index (χ2n) is 4.35. The van der Waals surface area contributed by atoms with Crippen molar-refractivity contribution in [3.63, 3.8) is 0 Å². The number of thiazole rings is 1. The number of alkyl halides is 2. The third-order valence-electron chi connectivity index (χ3n) is 2.73. The van der Waals surface area contributed by atoms with Gasteiger partial charge in [-0.3, -0.25) is 15.1 Å². The topological polar surface area (TPSA) is 80.7 Å². The Balaban J connectivity index is 1.81. The Morgan fingerprint density at radius 1 is 1.26 bits per heavy atom. The third-order valence-corrected chi connectivity index (χ3v) is 4.76. The average molecular weight is 353 g/mol. The average Bonchev–Trinajstić information content (AvgIpc) is 3.15. The van der Waals surface area contributed by atoms with Crippen molar-refractivity contribution in [3.8, 4) is 10.7 Å². The van der Waals surface area contributed by atoms with Gasteiger partial charge in [-0.05, 0) is 19.1 Å². The quantitative estimate of drug-likeness (QED) is 0.776. The molecule has 0 aliphatic heterocycles.